The first-order valence-electron chi connectivity index (χ1n) is 11.4. The van der Waals surface area contributed by atoms with Gasteiger partial charge in [0.15, 0.2) is 6.17 Å². The van der Waals surface area contributed by atoms with Gasteiger partial charge in [0.25, 0.3) is 0 Å². The van der Waals surface area contributed by atoms with Crippen LogP contribution < -0.4 is 5.32 Å². The molecule has 0 bridgehead atoms. The van der Waals surface area contributed by atoms with Crippen molar-refractivity contribution in [2.45, 2.75) is 82.5 Å². The first-order valence-corrected chi connectivity index (χ1v) is 11.4. The topological polar surface area (TPSA) is 92.0 Å². The number of hydrogen-bond acceptors (Lipinski definition) is 6. The lowest BCUT2D eigenvalue weighted by atomic mass is 9.89. The van der Waals surface area contributed by atoms with Gasteiger partial charge < -0.3 is 20.1 Å². The van der Waals surface area contributed by atoms with Crippen LogP contribution in [0.25, 0.3) is 0 Å². The van der Waals surface area contributed by atoms with Gasteiger partial charge in [-0.05, 0) is 57.9 Å². The van der Waals surface area contributed by atoms with E-state index in [4.69, 9.17) is 4.74 Å². The maximum Gasteiger partial charge on any atom is 0.401 e. The monoisotopic (exact) mass is 469 g/mol. The molecule has 2 fully saturated rings. The molecule has 1 aromatic heterocycles. The standard InChI is InChI=1S/C22H30F3N5O3/c1-14-10-18(21(31)32)28-20(15-11-27-29(12-15)19-4-2-3-9-33-19)30(14)17-7-5-16(6-8-17)26-13-22(23,24)25/h10-12,16-17,19-20,26H,2-9,13H2,1H3,(H,31,32). The minimum absolute atomic E-state index is 0.0176. The zero-order chi connectivity index (χ0) is 23.6. The number of aromatic nitrogens is 2. The molecule has 33 heavy (non-hydrogen) atoms. The van der Waals surface area contributed by atoms with Gasteiger partial charge in [-0.1, -0.05) is 0 Å². The minimum atomic E-state index is -4.22. The number of carboxylic acid groups (broad SMARTS) is 1. The van der Waals surface area contributed by atoms with Crippen molar-refractivity contribution in [2.75, 3.05) is 13.2 Å². The number of hydrogen-bond donors (Lipinski definition) is 2. The van der Waals surface area contributed by atoms with Gasteiger partial charge in [-0.25, -0.2) is 14.5 Å². The van der Waals surface area contributed by atoms with Crippen LogP contribution >= 0.6 is 0 Å². The van der Waals surface area contributed by atoms with Crippen LogP contribution in [-0.2, 0) is 9.53 Å². The van der Waals surface area contributed by atoms with Crippen molar-refractivity contribution in [3.8, 4) is 0 Å². The lowest BCUT2D eigenvalue weighted by Crippen LogP contribution is -2.45. The Labute approximate surface area is 190 Å². The number of aliphatic carboxylic acids is 1. The van der Waals surface area contributed by atoms with Gasteiger partial charge in [0.05, 0.1) is 12.7 Å². The molecule has 11 heteroatoms. The van der Waals surface area contributed by atoms with Gasteiger partial charge in [-0.2, -0.15) is 18.3 Å². The van der Waals surface area contributed by atoms with Crippen molar-refractivity contribution < 1.29 is 27.8 Å². The van der Waals surface area contributed by atoms with Gasteiger partial charge >= 0.3 is 12.1 Å². The molecule has 3 aliphatic rings. The molecule has 1 aliphatic carbocycles. The number of nitrogens with zero attached hydrogens (tertiary/aromatic N) is 4. The lowest BCUT2D eigenvalue weighted by molar-refractivity contribution is -0.129. The molecule has 2 unspecified atom stereocenters. The Morgan fingerprint density at radius 2 is 2.00 bits per heavy atom. The van der Waals surface area contributed by atoms with E-state index in [9.17, 15) is 23.1 Å². The largest absolute Gasteiger partial charge is 0.477 e. The van der Waals surface area contributed by atoms with Crippen molar-refractivity contribution in [2.24, 2.45) is 4.99 Å². The Morgan fingerprint density at radius 3 is 2.64 bits per heavy atom. The second-order valence-electron chi connectivity index (χ2n) is 8.96. The van der Waals surface area contributed by atoms with Crippen molar-refractivity contribution in [1.29, 1.82) is 0 Å². The summed E-state index contributed by atoms with van der Waals surface area (Å²) in [5.41, 5.74) is 1.53. The van der Waals surface area contributed by atoms with Gasteiger partial charge in [0.1, 0.15) is 11.9 Å². The first-order chi connectivity index (χ1) is 15.7. The summed E-state index contributed by atoms with van der Waals surface area (Å²) < 4.78 is 45.2. The second-order valence-corrected chi connectivity index (χ2v) is 8.96. The third kappa shape index (κ3) is 5.75. The normalized spacial score (nSPS) is 28.9. The van der Waals surface area contributed by atoms with E-state index in [2.05, 4.69) is 20.3 Å². The van der Waals surface area contributed by atoms with E-state index in [1.807, 2.05) is 13.1 Å². The number of nitrogens with one attached hydrogen (secondary N) is 1. The third-order valence-electron chi connectivity index (χ3n) is 6.55. The maximum atomic E-state index is 12.5. The van der Waals surface area contributed by atoms with Gasteiger partial charge in [-0.15, -0.1) is 0 Å². The first kappa shape index (κ1) is 23.7. The van der Waals surface area contributed by atoms with Crippen LogP contribution in [0.2, 0.25) is 0 Å². The van der Waals surface area contributed by atoms with Crippen LogP contribution in [0, 0.1) is 0 Å². The lowest BCUT2D eigenvalue weighted by Gasteiger charge is -2.43. The molecule has 0 amide bonds. The number of halogens is 3. The van der Waals surface area contributed by atoms with Crippen molar-refractivity contribution in [1.82, 2.24) is 20.0 Å². The predicted molar refractivity (Wildman–Crippen MR) is 115 cm³/mol. The Morgan fingerprint density at radius 1 is 1.24 bits per heavy atom. The van der Waals surface area contributed by atoms with Crippen LogP contribution in [0.4, 0.5) is 13.2 Å². The van der Waals surface area contributed by atoms with Crippen LogP contribution in [0.15, 0.2) is 29.2 Å². The van der Waals surface area contributed by atoms with E-state index in [0.29, 0.717) is 32.3 Å². The Kier molecular flexibility index (Phi) is 7.08. The quantitative estimate of drug-likeness (QED) is 0.659. The summed E-state index contributed by atoms with van der Waals surface area (Å²) in [5.74, 6) is -1.10. The molecule has 4 rings (SSSR count). The summed E-state index contributed by atoms with van der Waals surface area (Å²) in [6.45, 7) is 1.56. The molecule has 2 atom stereocenters. The summed E-state index contributed by atoms with van der Waals surface area (Å²) in [6, 6.07) is -0.136. The number of ether oxygens (including phenoxy) is 1. The van der Waals surface area contributed by atoms with Gasteiger partial charge in [0, 0.05) is 36.1 Å². The predicted octanol–water partition coefficient (Wildman–Crippen LogP) is 3.79. The fourth-order valence-corrected chi connectivity index (χ4v) is 4.93. The van der Waals surface area contributed by atoms with E-state index < -0.39 is 24.9 Å². The van der Waals surface area contributed by atoms with Crippen molar-refractivity contribution >= 4 is 11.7 Å². The fraction of sp³-hybridized carbons (Fsp3) is 0.682. The average molecular weight is 470 g/mol. The van der Waals surface area contributed by atoms with Crippen LogP contribution in [-0.4, -0.2) is 62.9 Å². The molecule has 2 N–H and O–H groups in total. The minimum Gasteiger partial charge on any atom is -0.477 e. The van der Waals surface area contributed by atoms with E-state index >= 15 is 0 Å². The smallest absolute Gasteiger partial charge is 0.401 e. The van der Waals surface area contributed by atoms with E-state index in [0.717, 1.165) is 30.5 Å². The zero-order valence-corrected chi connectivity index (χ0v) is 18.6. The number of carbonyl (C=O) groups is 1. The summed E-state index contributed by atoms with van der Waals surface area (Å²) in [4.78, 5) is 18.3. The molecule has 0 spiro atoms. The van der Waals surface area contributed by atoms with Gasteiger partial charge in [-0.3, -0.25) is 0 Å². The molecule has 1 saturated carbocycles. The molecule has 0 aromatic carbocycles. The fourth-order valence-electron chi connectivity index (χ4n) is 4.93. The second kappa shape index (κ2) is 9.84. The number of aliphatic imine (C=N–C) groups is 1. The van der Waals surface area contributed by atoms with Crippen LogP contribution in [0.1, 0.15) is 69.8 Å². The number of rotatable bonds is 6. The molecule has 182 valence electrons. The number of allylic oxidation sites excluding steroid dienone is 1. The third-order valence-corrected chi connectivity index (χ3v) is 6.55. The zero-order valence-electron chi connectivity index (χ0n) is 18.6. The van der Waals surface area contributed by atoms with E-state index in [-0.39, 0.29) is 24.0 Å². The summed E-state index contributed by atoms with van der Waals surface area (Å²) in [6.07, 6.45) is 5.77. The van der Waals surface area contributed by atoms with Crippen LogP contribution in [0.5, 0.6) is 0 Å². The molecule has 2 aliphatic heterocycles. The average Bonchev–Trinajstić information content (AvgIpc) is 3.28. The van der Waals surface area contributed by atoms with E-state index in [1.54, 1.807) is 17.0 Å². The molecule has 3 heterocycles. The summed E-state index contributed by atoms with van der Waals surface area (Å²) in [5, 5.41) is 16.6. The molecular formula is C22H30F3N5O3. The Hall–Kier alpha value is -2.40. The highest BCUT2D eigenvalue weighted by atomic mass is 19.4. The highest BCUT2D eigenvalue weighted by Gasteiger charge is 2.36. The Balaban J connectivity index is 1.51. The molecule has 0 radical (unpaired) electrons. The maximum absolute atomic E-state index is 12.5. The van der Waals surface area contributed by atoms with Crippen molar-refractivity contribution in [3.63, 3.8) is 0 Å². The highest BCUT2D eigenvalue weighted by Crippen LogP contribution is 2.37. The molecule has 8 nitrogen and oxygen atoms in total. The SMILES string of the molecule is CC1=CC(C(=O)O)=NC(c2cnn(C3CCCCO3)c2)N1C1CCC(NCC(F)(F)F)CC1. The summed E-state index contributed by atoms with van der Waals surface area (Å²) in [7, 11) is 0. The van der Waals surface area contributed by atoms with Crippen LogP contribution in [0.3, 0.4) is 0 Å². The molecular weight excluding hydrogens is 439 g/mol. The summed E-state index contributed by atoms with van der Waals surface area (Å²) >= 11 is 0. The number of alkyl halides is 3. The van der Waals surface area contributed by atoms with Crippen molar-refractivity contribution in [3.05, 3.63) is 29.7 Å². The number of carboxylic acids is 1. The highest BCUT2D eigenvalue weighted by molar-refractivity contribution is 6.40. The Bertz CT molecular complexity index is 899. The van der Waals surface area contributed by atoms with Gasteiger partial charge in [0.2, 0.25) is 0 Å². The molecule has 1 saturated heterocycles. The molecule has 1 aromatic rings. The van der Waals surface area contributed by atoms with E-state index in [1.165, 1.54) is 0 Å².